The number of hydrogen-bond donors (Lipinski definition) is 0. The van der Waals surface area contributed by atoms with Crippen molar-refractivity contribution in [2.24, 2.45) is 0 Å². The lowest BCUT2D eigenvalue weighted by molar-refractivity contribution is 0.154. The zero-order valence-electron chi connectivity index (χ0n) is 9.57. The fraction of sp³-hybridized carbons (Fsp3) is 0.385. The van der Waals surface area contributed by atoms with Gasteiger partial charge in [0.25, 0.3) is 0 Å². The molecular formula is C13H18O2. The third kappa shape index (κ3) is 3.76. The summed E-state index contributed by atoms with van der Waals surface area (Å²) >= 11 is 0. The number of hydrogen-bond acceptors (Lipinski definition) is 2. The van der Waals surface area contributed by atoms with Gasteiger partial charge in [-0.3, -0.25) is 0 Å². The summed E-state index contributed by atoms with van der Waals surface area (Å²) in [4.78, 5) is 0. The van der Waals surface area contributed by atoms with Crippen LogP contribution in [0, 0.1) is 0 Å². The topological polar surface area (TPSA) is 18.5 Å². The first-order valence-corrected chi connectivity index (χ1v) is 5.20. The standard InChI is InChI=1S/C13H18O2/c1-4-15-13(10-11(2)14-3)12-8-6-5-7-9-12/h5-11H,4H2,1-3H3. The highest BCUT2D eigenvalue weighted by atomic mass is 16.5. The predicted molar refractivity (Wildman–Crippen MR) is 62.5 cm³/mol. The second-order valence-electron chi connectivity index (χ2n) is 3.27. The van der Waals surface area contributed by atoms with E-state index in [4.69, 9.17) is 9.47 Å². The summed E-state index contributed by atoms with van der Waals surface area (Å²) in [6.45, 7) is 4.63. The van der Waals surface area contributed by atoms with Gasteiger partial charge in [0.05, 0.1) is 12.7 Å². The van der Waals surface area contributed by atoms with E-state index in [2.05, 4.69) is 0 Å². The van der Waals surface area contributed by atoms with Crippen molar-refractivity contribution in [3.05, 3.63) is 42.0 Å². The summed E-state index contributed by atoms with van der Waals surface area (Å²) in [5, 5.41) is 0. The fourth-order valence-corrected chi connectivity index (χ4v) is 1.27. The van der Waals surface area contributed by atoms with Gasteiger partial charge in [-0.1, -0.05) is 30.3 Å². The summed E-state index contributed by atoms with van der Waals surface area (Å²) in [6, 6.07) is 10.1. The first-order valence-electron chi connectivity index (χ1n) is 5.20. The Kier molecular flexibility index (Phi) is 4.91. The lowest BCUT2D eigenvalue weighted by Gasteiger charge is -2.11. The van der Waals surface area contributed by atoms with Crippen LogP contribution in [0.15, 0.2) is 36.4 Å². The zero-order valence-corrected chi connectivity index (χ0v) is 9.57. The van der Waals surface area contributed by atoms with Gasteiger partial charge < -0.3 is 9.47 Å². The summed E-state index contributed by atoms with van der Waals surface area (Å²) in [7, 11) is 1.69. The quantitative estimate of drug-likeness (QED) is 0.689. The third-order valence-electron chi connectivity index (χ3n) is 2.12. The van der Waals surface area contributed by atoms with Crippen LogP contribution < -0.4 is 0 Å². The first-order chi connectivity index (χ1) is 7.27. The molecule has 1 aromatic rings. The van der Waals surface area contributed by atoms with Crippen molar-refractivity contribution < 1.29 is 9.47 Å². The molecule has 0 radical (unpaired) electrons. The highest BCUT2D eigenvalue weighted by Gasteiger charge is 2.03. The minimum Gasteiger partial charge on any atom is -0.493 e. The van der Waals surface area contributed by atoms with Crippen molar-refractivity contribution in [2.75, 3.05) is 13.7 Å². The predicted octanol–water partition coefficient (Wildman–Crippen LogP) is 3.10. The molecule has 82 valence electrons. The Morgan fingerprint density at radius 2 is 2.00 bits per heavy atom. The highest BCUT2D eigenvalue weighted by Crippen LogP contribution is 2.16. The minimum atomic E-state index is 0.0618. The SMILES string of the molecule is CCOC(=CC(C)OC)c1ccccc1. The van der Waals surface area contributed by atoms with E-state index in [1.807, 2.05) is 50.3 Å². The Labute approximate surface area is 91.5 Å². The van der Waals surface area contributed by atoms with Crippen molar-refractivity contribution in [3.63, 3.8) is 0 Å². The molecule has 0 heterocycles. The second-order valence-corrected chi connectivity index (χ2v) is 3.27. The van der Waals surface area contributed by atoms with E-state index in [1.165, 1.54) is 0 Å². The minimum absolute atomic E-state index is 0.0618. The van der Waals surface area contributed by atoms with Gasteiger partial charge in [0.15, 0.2) is 0 Å². The monoisotopic (exact) mass is 206 g/mol. The zero-order chi connectivity index (χ0) is 11.1. The summed E-state index contributed by atoms with van der Waals surface area (Å²) in [5.41, 5.74) is 1.09. The van der Waals surface area contributed by atoms with Crippen molar-refractivity contribution in [1.82, 2.24) is 0 Å². The second kappa shape index (κ2) is 6.25. The Bertz CT molecular complexity index is 304. The van der Waals surface area contributed by atoms with E-state index >= 15 is 0 Å². The maximum absolute atomic E-state index is 5.58. The van der Waals surface area contributed by atoms with Crippen molar-refractivity contribution in [1.29, 1.82) is 0 Å². The van der Waals surface area contributed by atoms with E-state index in [1.54, 1.807) is 7.11 Å². The molecule has 0 spiro atoms. The van der Waals surface area contributed by atoms with Crippen molar-refractivity contribution >= 4 is 5.76 Å². The number of benzene rings is 1. The number of methoxy groups -OCH3 is 1. The largest absolute Gasteiger partial charge is 0.493 e. The van der Waals surface area contributed by atoms with Gasteiger partial charge in [0.1, 0.15) is 5.76 Å². The molecule has 0 saturated carbocycles. The molecule has 0 aliphatic carbocycles. The number of rotatable bonds is 5. The van der Waals surface area contributed by atoms with Gasteiger partial charge in [-0.15, -0.1) is 0 Å². The van der Waals surface area contributed by atoms with Gasteiger partial charge in [-0.2, -0.15) is 0 Å². The van der Waals surface area contributed by atoms with Gasteiger partial charge in [-0.05, 0) is 19.9 Å². The van der Waals surface area contributed by atoms with E-state index < -0.39 is 0 Å². The molecule has 1 unspecified atom stereocenters. The molecule has 0 N–H and O–H groups in total. The Morgan fingerprint density at radius 1 is 1.33 bits per heavy atom. The molecule has 1 aromatic carbocycles. The molecule has 0 fully saturated rings. The highest BCUT2D eigenvalue weighted by molar-refractivity contribution is 5.60. The van der Waals surface area contributed by atoms with Crippen molar-refractivity contribution in [2.45, 2.75) is 20.0 Å². The van der Waals surface area contributed by atoms with E-state index in [0.717, 1.165) is 11.3 Å². The van der Waals surface area contributed by atoms with Crippen LogP contribution in [0.1, 0.15) is 19.4 Å². The molecule has 0 aliphatic rings. The van der Waals surface area contributed by atoms with Crippen LogP contribution >= 0.6 is 0 Å². The molecule has 0 saturated heterocycles. The Morgan fingerprint density at radius 3 is 2.53 bits per heavy atom. The smallest absolute Gasteiger partial charge is 0.125 e. The maximum atomic E-state index is 5.58. The van der Waals surface area contributed by atoms with Gasteiger partial charge in [0.2, 0.25) is 0 Å². The van der Waals surface area contributed by atoms with E-state index in [0.29, 0.717) is 6.61 Å². The van der Waals surface area contributed by atoms with Gasteiger partial charge in [-0.25, -0.2) is 0 Å². The molecule has 2 nitrogen and oxygen atoms in total. The average Bonchev–Trinajstić information content (AvgIpc) is 2.29. The van der Waals surface area contributed by atoms with Crippen LogP contribution in [-0.2, 0) is 9.47 Å². The molecule has 0 aromatic heterocycles. The maximum Gasteiger partial charge on any atom is 0.125 e. The molecule has 2 heteroatoms. The molecule has 1 atom stereocenters. The lowest BCUT2D eigenvalue weighted by Crippen LogP contribution is -2.03. The normalized spacial score (nSPS) is 13.7. The molecule has 1 rings (SSSR count). The van der Waals surface area contributed by atoms with Crippen molar-refractivity contribution in [3.8, 4) is 0 Å². The molecule has 15 heavy (non-hydrogen) atoms. The summed E-state index contributed by atoms with van der Waals surface area (Å²) in [5.74, 6) is 0.882. The molecule has 0 amide bonds. The first kappa shape index (κ1) is 11.8. The van der Waals surface area contributed by atoms with Crippen LogP contribution in [-0.4, -0.2) is 19.8 Å². The van der Waals surface area contributed by atoms with Gasteiger partial charge in [0, 0.05) is 12.7 Å². The fourth-order valence-electron chi connectivity index (χ4n) is 1.27. The summed E-state index contributed by atoms with van der Waals surface area (Å²) in [6.07, 6.45) is 2.05. The molecule has 0 aliphatic heterocycles. The van der Waals surface area contributed by atoms with Crippen LogP contribution in [0.25, 0.3) is 5.76 Å². The summed E-state index contributed by atoms with van der Waals surface area (Å²) < 4.78 is 10.8. The van der Waals surface area contributed by atoms with Gasteiger partial charge >= 0.3 is 0 Å². The third-order valence-corrected chi connectivity index (χ3v) is 2.12. The lowest BCUT2D eigenvalue weighted by atomic mass is 10.1. The average molecular weight is 206 g/mol. The van der Waals surface area contributed by atoms with Crippen LogP contribution in [0.4, 0.5) is 0 Å². The van der Waals surface area contributed by atoms with Crippen LogP contribution in [0.2, 0.25) is 0 Å². The molecule has 0 bridgehead atoms. The van der Waals surface area contributed by atoms with E-state index in [-0.39, 0.29) is 6.10 Å². The van der Waals surface area contributed by atoms with Crippen LogP contribution in [0.5, 0.6) is 0 Å². The van der Waals surface area contributed by atoms with E-state index in [9.17, 15) is 0 Å². The molecular weight excluding hydrogens is 188 g/mol. The Balaban J connectivity index is 2.88. The van der Waals surface area contributed by atoms with Crippen LogP contribution in [0.3, 0.4) is 0 Å². The Hall–Kier alpha value is -1.28. The number of ether oxygens (including phenoxy) is 2.